The van der Waals surface area contributed by atoms with Gasteiger partial charge in [-0.05, 0) is 87.4 Å². The summed E-state index contributed by atoms with van der Waals surface area (Å²) in [5.74, 6) is -1.91. The lowest BCUT2D eigenvalue weighted by molar-refractivity contribution is -0.142. The lowest BCUT2D eigenvalue weighted by Crippen LogP contribution is -2.40. The van der Waals surface area contributed by atoms with Gasteiger partial charge in [0, 0.05) is 60.3 Å². The second-order valence-electron chi connectivity index (χ2n) is 23.9. The summed E-state index contributed by atoms with van der Waals surface area (Å²) in [7, 11) is 0. The number of pyridine rings is 1. The highest BCUT2D eigenvalue weighted by Gasteiger charge is 2.54. The molecule has 6 aliphatic heterocycles. The Bertz CT molecular complexity index is 4350. The monoisotopic (exact) mass is 1360 g/mol. The maximum Gasteiger partial charge on any atom is 0.434 e. The first kappa shape index (κ1) is 65.9. The molecular weight excluding hydrogens is 1310 g/mol. The molecule has 9 aromatic rings. The van der Waals surface area contributed by atoms with Gasteiger partial charge in [0.2, 0.25) is 17.6 Å². The number of amides is 3. The number of aryl methyl sites for hydroxylation is 1. The smallest absolute Gasteiger partial charge is 0.434 e. The van der Waals surface area contributed by atoms with Crippen LogP contribution in [0.15, 0.2) is 147 Å². The van der Waals surface area contributed by atoms with Crippen molar-refractivity contribution in [1.29, 1.82) is 0 Å². The summed E-state index contributed by atoms with van der Waals surface area (Å²) in [5, 5.41) is 7.99. The van der Waals surface area contributed by atoms with Gasteiger partial charge >= 0.3 is 18.5 Å². The molecular formula is C66H54F11N15O6. The van der Waals surface area contributed by atoms with E-state index in [-0.39, 0.29) is 88.9 Å². The molecule has 3 aromatic carbocycles. The first-order chi connectivity index (χ1) is 47.0. The largest absolute Gasteiger partial charge is 0.471 e. The zero-order valence-corrected chi connectivity index (χ0v) is 51.2. The molecule has 15 rings (SSSR count). The Morgan fingerprint density at radius 3 is 1.36 bits per heavy atom. The maximum absolute atomic E-state index is 14.7. The SMILES string of the molecule is Cc1cccc(C(=O)N2C3CCC2C(Oc2cnc(C(F)(F)F)cn2)C3)c1-c1ccccn1.O=C(c1c(F)cccc1-n1nccn1)N1C2CCC1C(Oc1cnc(C(F)(F)F)cn1)C2.O=C(c1ccccc1-c1ncc(F)cn1)N1C2CCC1C(Oc1cnc(C(F)(F)F)cn1)C2. The van der Waals surface area contributed by atoms with Gasteiger partial charge in [-0.25, -0.2) is 48.7 Å². The summed E-state index contributed by atoms with van der Waals surface area (Å²) in [6.45, 7) is 1.95. The molecule has 6 aromatic heterocycles. The molecule has 32 heteroatoms. The Balaban J connectivity index is 0.000000132. The molecule has 9 atom stereocenters. The molecule has 98 heavy (non-hydrogen) atoms. The molecule has 9 unspecified atom stereocenters. The van der Waals surface area contributed by atoms with Gasteiger partial charge in [-0.15, -0.1) is 0 Å². The highest BCUT2D eigenvalue weighted by molar-refractivity contribution is 6.02. The third-order valence-electron chi connectivity index (χ3n) is 18.0. The van der Waals surface area contributed by atoms with Gasteiger partial charge in [-0.2, -0.15) is 54.5 Å². The van der Waals surface area contributed by atoms with Gasteiger partial charge in [0.25, 0.3) is 17.7 Å². The van der Waals surface area contributed by atoms with Crippen molar-refractivity contribution < 1.29 is 76.9 Å². The van der Waals surface area contributed by atoms with Crippen molar-refractivity contribution in [2.45, 2.75) is 138 Å². The van der Waals surface area contributed by atoms with Gasteiger partial charge in [0.15, 0.2) is 28.7 Å². The van der Waals surface area contributed by atoms with E-state index in [9.17, 15) is 62.7 Å². The van der Waals surface area contributed by atoms with E-state index in [0.717, 1.165) is 73.5 Å². The van der Waals surface area contributed by atoms with Crippen molar-refractivity contribution in [2.75, 3.05) is 0 Å². The van der Waals surface area contributed by atoms with E-state index in [0.29, 0.717) is 67.4 Å². The minimum absolute atomic E-state index is 0.00648. The van der Waals surface area contributed by atoms with Crippen LogP contribution in [0.5, 0.6) is 17.6 Å². The van der Waals surface area contributed by atoms with Crippen LogP contribution in [0.2, 0.25) is 0 Å². The van der Waals surface area contributed by atoms with Gasteiger partial charge in [-0.3, -0.25) is 19.4 Å². The van der Waals surface area contributed by atoms with Gasteiger partial charge < -0.3 is 28.9 Å². The quantitative estimate of drug-likeness (QED) is 0.103. The normalized spacial score (nSPS) is 22.1. The van der Waals surface area contributed by atoms with Crippen LogP contribution in [0, 0.1) is 18.6 Å². The van der Waals surface area contributed by atoms with Crippen molar-refractivity contribution in [1.82, 2.24) is 74.5 Å². The fourth-order valence-corrected chi connectivity index (χ4v) is 13.8. The van der Waals surface area contributed by atoms with Crippen LogP contribution >= 0.6 is 0 Å². The van der Waals surface area contributed by atoms with Gasteiger partial charge in [0.1, 0.15) is 35.4 Å². The lowest BCUT2D eigenvalue weighted by atomic mass is 9.97. The minimum Gasteiger partial charge on any atom is -0.471 e. The summed E-state index contributed by atoms with van der Waals surface area (Å²) in [6.07, 6.45) is 2.47. The number of hydrogen-bond donors (Lipinski definition) is 0. The Hall–Kier alpha value is -10.7. The van der Waals surface area contributed by atoms with E-state index in [1.165, 1.54) is 29.3 Å². The zero-order valence-electron chi connectivity index (χ0n) is 51.2. The molecule has 0 radical (unpaired) electrons. The Morgan fingerprint density at radius 1 is 0.449 bits per heavy atom. The standard InChI is InChI=1S/C24H21F3N4O2.C22H17F4N5O2.C20H16F4N6O2/c1-14-5-4-6-16(22(14)17-7-2-3-10-28-17)23(32)31-15-8-9-18(31)19(11-15)33-21-13-29-20(12-30-21)24(25,26)27;23-12-8-29-20(30-9-12)14-3-1-2-4-15(14)21(32)31-13-5-6-16(31)17(7-13)33-19-11-27-18(10-28-19)22(24,25)26;21-12-2-1-3-14(30-27-6-7-28-30)18(12)19(31)29-11-4-5-13(29)15(8-11)32-17-10-25-16(9-26-17)20(22,23)24/h2-7,10,12-13,15,18-19H,8-9,11H2,1H3;1-4,8-11,13,16-17H,5-7H2;1-3,6-7,9-11,13,15H,4-5,8H2. The van der Waals surface area contributed by atoms with Crippen LogP contribution in [0.4, 0.5) is 48.3 Å². The molecule has 21 nitrogen and oxygen atoms in total. The van der Waals surface area contributed by atoms with Crippen molar-refractivity contribution in [3.05, 3.63) is 198 Å². The van der Waals surface area contributed by atoms with Crippen LogP contribution < -0.4 is 14.2 Å². The molecule has 6 fully saturated rings. The molecule has 12 heterocycles. The van der Waals surface area contributed by atoms with E-state index in [1.54, 1.807) is 46.3 Å². The number of carbonyl (C=O) groups excluding carboxylic acids is 3. The number of fused-ring (bicyclic) bond motifs is 6. The van der Waals surface area contributed by atoms with Crippen molar-refractivity contribution in [2.24, 2.45) is 0 Å². The molecule has 6 saturated heterocycles. The van der Waals surface area contributed by atoms with Crippen LogP contribution in [0.1, 0.15) is 112 Å². The molecule has 0 N–H and O–H groups in total. The van der Waals surface area contributed by atoms with Gasteiger partial charge in [0.05, 0.1) is 91.4 Å². The Kier molecular flexibility index (Phi) is 18.0. The fourth-order valence-electron chi connectivity index (χ4n) is 13.8. The van der Waals surface area contributed by atoms with Crippen molar-refractivity contribution in [3.8, 4) is 46.0 Å². The van der Waals surface area contributed by atoms with Crippen LogP contribution in [-0.4, -0.2) is 147 Å². The minimum atomic E-state index is -4.60. The molecule has 0 spiro atoms. The Labute approximate surface area is 549 Å². The van der Waals surface area contributed by atoms with Crippen LogP contribution in [-0.2, 0) is 18.5 Å². The summed E-state index contributed by atoms with van der Waals surface area (Å²) in [6, 6.07) is 21.2. The number of rotatable bonds is 12. The number of carbonyl (C=O) groups is 3. The number of nitrogens with zero attached hydrogens (tertiary/aromatic N) is 15. The number of halogens is 11. The van der Waals surface area contributed by atoms with Gasteiger partial charge in [-0.1, -0.05) is 42.5 Å². The third-order valence-corrected chi connectivity index (χ3v) is 18.0. The first-order valence-corrected chi connectivity index (χ1v) is 30.9. The summed E-state index contributed by atoms with van der Waals surface area (Å²) >= 11 is 0. The van der Waals surface area contributed by atoms with E-state index in [4.69, 9.17) is 14.2 Å². The summed E-state index contributed by atoms with van der Waals surface area (Å²) in [4.78, 5) is 80.7. The Morgan fingerprint density at radius 2 is 0.898 bits per heavy atom. The number of alkyl halides is 9. The maximum atomic E-state index is 14.7. The van der Waals surface area contributed by atoms with Crippen LogP contribution in [0.3, 0.4) is 0 Å². The molecule has 3 amide bonds. The highest BCUT2D eigenvalue weighted by Crippen LogP contribution is 2.45. The van der Waals surface area contributed by atoms with E-state index in [2.05, 4.69) is 55.1 Å². The van der Waals surface area contributed by atoms with E-state index < -0.39 is 65.4 Å². The molecule has 506 valence electrons. The highest BCUT2D eigenvalue weighted by atomic mass is 19.4. The lowest BCUT2D eigenvalue weighted by Gasteiger charge is -2.25. The predicted molar refractivity (Wildman–Crippen MR) is 320 cm³/mol. The molecule has 6 bridgehead atoms. The topological polar surface area (TPSA) is 235 Å². The second-order valence-corrected chi connectivity index (χ2v) is 23.9. The van der Waals surface area contributed by atoms with E-state index in [1.807, 2.05) is 48.2 Å². The number of hydrogen-bond acceptors (Lipinski definition) is 17. The molecule has 0 aliphatic carbocycles. The van der Waals surface area contributed by atoms with E-state index >= 15 is 0 Å². The number of ether oxygens (including phenoxy) is 3. The second kappa shape index (κ2) is 26.7. The average Bonchev–Trinajstić information content (AvgIpc) is 1.60. The number of benzene rings is 3. The van der Waals surface area contributed by atoms with Crippen molar-refractivity contribution in [3.63, 3.8) is 0 Å². The summed E-state index contributed by atoms with van der Waals surface area (Å²) in [5.41, 5.74) is 0.747. The molecule has 6 aliphatic rings. The summed E-state index contributed by atoms with van der Waals surface area (Å²) < 4.78 is 160. The predicted octanol–water partition coefficient (Wildman–Crippen LogP) is 11.6. The average molecular weight is 1360 g/mol. The third kappa shape index (κ3) is 13.5. The van der Waals surface area contributed by atoms with Crippen molar-refractivity contribution >= 4 is 17.7 Å². The first-order valence-electron chi connectivity index (χ1n) is 30.9. The number of aromatic nitrogens is 12. The fraction of sp³-hybridized carbons (Fsp3) is 0.333. The zero-order chi connectivity index (χ0) is 68.8. The van der Waals surface area contributed by atoms with Crippen LogP contribution in [0.25, 0.3) is 28.3 Å². The molecule has 0 saturated carbocycles.